The number of aromatic nitrogens is 2. The summed E-state index contributed by atoms with van der Waals surface area (Å²) in [7, 11) is 1.84. The molecule has 34 heavy (non-hydrogen) atoms. The third-order valence-electron chi connectivity index (χ3n) is 6.12. The molecule has 2 aromatic heterocycles. The second kappa shape index (κ2) is 12.7. The maximum absolute atomic E-state index is 13.1. The van der Waals surface area contributed by atoms with Crippen molar-refractivity contribution in [2.75, 3.05) is 20.1 Å². The molecule has 0 saturated heterocycles. The van der Waals surface area contributed by atoms with Gasteiger partial charge in [0.25, 0.3) is 5.91 Å². The number of imidazole rings is 1. The minimum absolute atomic E-state index is 0.150. The summed E-state index contributed by atoms with van der Waals surface area (Å²) in [6.45, 7) is 7.62. The van der Waals surface area contributed by atoms with Crippen LogP contribution in [0.5, 0.6) is 0 Å². The number of thiophene rings is 1. The van der Waals surface area contributed by atoms with E-state index < -0.39 is 6.04 Å². The Labute approximate surface area is 206 Å². The molecule has 0 bridgehead atoms. The third-order valence-corrected chi connectivity index (χ3v) is 6.99. The smallest absolute Gasteiger partial charge is 0.252 e. The Morgan fingerprint density at radius 3 is 2.56 bits per heavy atom. The molecule has 8 heteroatoms. The van der Waals surface area contributed by atoms with Gasteiger partial charge in [-0.25, -0.2) is 4.98 Å². The third kappa shape index (κ3) is 6.24. The maximum atomic E-state index is 13.1. The monoisotopic (exact) mass is 483 g/mol. The topological polar surface area (TPSA) is 88.0 Å². The van der Waals surface area contributed by atoms with Gasteiger partial charge in [-0.05, 0) is 56.0 Å². The van der Waals surface area contributed by atoms with Crippen LogP contribution in [-0.4, -0.2) is 47.5 Å². The van der Waals surface area contributed by atoms with Crippen LogP contribution in [0.25, 0.3) is 11.0 Å². The number of nitrogens with one attached hydrogen (secondary N) is 3. The van der Waals surface area contributed by atoms with Crippen LogP contribution in [-0.2, 0) is 11.2 Å². The fourth-order valence-electron chi connectivity index (χ4n) is 4.28. The van der Waals surface area contributed by atoms with Crippen LogP contribution in [0, 0.1) is 0 Å². The van der Waals surface area contributed by atoms with Gasteiger partial charge in [0.1, 0.15) is 11.9 Å². The fraction of sp³-hybridized carbons (Fsp3) is 0.500. The lowest BCUT2D eigenvalue weighted by Crippen LogP contribution is -2.47. The normalized spacial score (nSPS) is 12.3. The Morgan fingerprint density at radius 1 is 1.12 bits per heavy atom. The van der Waals surface area contributed by atoms with Gasteiger partial charge in [-0.15, -0.1) is 11.3 Å². The summed E-state index contributed by atoms with van der Waals surface area (Å²) in [5.41, 5.74) is 2.39. The van der Waals surface area contributed by atoms with Crippen LogP contribution in [0.4, 0.5) is 0 Å². The van der Waals surface area contributed by atoms with E-state index in [0.717, 1.165) is 42.5 Å². The molecule has 0 spiro atoms. The number of hydrogen-bond acceptors (Lipinski definition) is 5. The lowest BCUT2D eigenvalue weighted by Gasteiger charge is -2.19. The zero-order valence-electron chi connectivity index (χ0n) is 20.7. The number of fused-ring (bicyclic) bond motifs is 1. The van der Waals surface area contributed by atoms with Gasteiger partial charge in [-0.3, -0.25) is 9.59 Å². The van der Waals surface area contributed by atoms with Crippen molar-refractivity contribution in [1.82, 2.24) is 25.5 Å². The van der Waals surface area contributed by atoms with E-state index in [4.69, 9.17) is 4.98 Å². The van der Waals surface area contributed by atoms with Crippen molar-refractivity contribution in [3.05, 3.63) is 52.0 Å². The molecular formula is C26H37N5O2S. The van der Waals surface area contributed by atoms with Crippen LogP contribution < -0.4 is 16.0 Å². The first-order valence-corrected chi connectivity index (χ1v) is 13.2. The zero-order valence-corrected chi connectivity index (χ0v) is 21.5. The van der Waals surface area contributed by atoms with E-state index in [9.17, 15) is 9.59 Å². The zero-order chi connectivity index (χ0) is 24.5. The fourth-order valence-corrected chi connectivity index (χ4v) is 4.98. The largest absolute Gasteiger partial charge is 0.353 e. The molecule has 0 aliphatic heterocycles. The van der Waals surface area contributed by atoms with Crippen molar-refractivity contribution in [2.24, 2.45) is 0 Å². The molecule has 0 radical (unpaired) electrons. The minimum Gasteiger partial charge on any atom is -0.353 e. The standard InChI is InChI=1S/C26H37N5O2S/c1-5-9-21(26(33)28-14-13-27-4)30-25(32)18-11-12-23-22(16-18)29-24(17-20-10-8-15-34-20)31(23)19(6-2)7-3/h8,10-12,15-16,19,21,27H,5-7,9,13-14,17H2,1-4H3,(H,28,33)(H,30,32)/t21-/m0/s1. The molecular weight excluding hydrogens is 446 g/mol. The molecule has 3 N–H and O–H groups in total. The Bertz CT molecular complexity index is 1070. The molecule has 3 rings (SSSR count). The van der Waals surface area contributed by atoms with E-state index >= 15 is 0 Å². The Hall–Kier alpha value is -2.71. The van der Waals surface area contributed by atoms with Gasteiger partial charge in [-0.2, -0.15) is 0 Å². The number of carbonyl (C=O) groups excluding carboxylic acids is 2. The maximum Gasteiger partial charge on any atom is 0.252 e. The molecule has 0 aliphatic carbocycles. The Balaban J connectivity index is 1.86. The van der Waals surface area contributed by atoms with Crippen molar-refractivity contribution in [3.8, 4) is 0 Å². The number of amides is 2. The highest BCUT2D eigenvalue weighted by Crippen LogP contribution is 2.28. The summed E-state index contributed by atoms with van der Waals surface area (Å²) in [5.74, 6) is 0.625. The first kappa shape index (κ1) is 25.9. The molecule has 184 valence electrons. The SMILES string of the molecule is CCC[C@H](NC(=O)c1ccc2c(c1)nc(Cc1cccs1)n2C(CC)CC)C(=O)NCCNC. The van der Waals surface area contributed by atoms with Gasteiger partial charge in [0, 0.05) is 36.0 Å². The predicted molar refractivity (Wildman–Crippen MR) is 140 cm³/mol. The number of likely N-dealkylation sites (N-methyl/N-ethyl adjacent to an activating group) is 1. The molecule has 3 aromatic rings. The minimum atomic E-state index is -0.554. The Morgan fingerprint density at radius 2 is 1.91 bits per heavy atom. The van der Waals surface area contributed by atoms with Crippen LogP contribution in [0.2, 0.25) is 0 Å². The van der Waals surface area contributed by atoms with E-state index in [1.165, 1.54) is 4.88 Å². The number of hydrogen-bond donors (Lipinski definition) is 3. The van der Waals surface area contributed by atoms with E-state index in [1.807, 2.05) is 32.2 Å². The Kier molecular flexibility index (Phi) is 9.65. The van der Waals surface area contributed by atoms with Gasteiger partial charge in [0.15, 0.2) is 0 Å². The highest BCUT2D eigenvalue weighted by atomic mass is 32.1. The summed E-state index contributed by atoms with van der Waals surface area (Å²) >= 11 is 1.73. The molecule has 0 fully saturated rings. The van der Waals surface area contributed by atoms with Crippen LogP contribution >= 0.6 is 11.3 Å². The molecule has 7 nitrogen and oxygen atoms in total. The lowest BCUT2D eigenvalue weighted by molar-refractivity contribution is -0.123. The molecule has 1 aromatic carbocycles. The summed E-state index contributed by atoms with van der Waals surface area (Å²) < 4.78 is 2.34. The summed E-state index contributed by atoms with van der Waals surface area (Å²) in [6.07, 6.45) is 4.20. The molecule has 2 amide bonds. The van der Waals surface area contributed by atoms with Crippen molar-refractivity contribution < 1.29 is 9.59 Å². The highest BCUT2D eigenvalue weighted by Gasteiger charge is 2.22. The average molecular weight is 484 g/mol. The first-order valence-electron chi connectivity index (χ1n) is 12.3. The average Bonchev–Trinajstić information content (AvgIpc) is 3.47. The van der Waals surface area contributed by atoms with Crippen molar-refractivity contribution in [2.45, 2.75) is 65.0 Å². The van der Waals surface area contributed by atoms with E-state index in [0.29, 0.717) is 31.1 Å². The second-order valence-corrected chi connectivity index (χ2v) is 9.57. The number of rotatable bonds is 13. The van der Waals surface area contributed by atoms with Crippen LogP contribution in [0.1, 0.15) is 73.6 Å². The molecule has 2 heterocycles. The molecule has 0 unspecified atom stereocenters. The lowest BCUT2D eigenvalue weighted by atomic mass is 10.1. The van der Waals surface area contributed by atoms with E-state index in [1.54, 1.807) is 11.3 Å². The van der Waals surface area contributed by atoms with Gasteiger partial charge in [-0.1, -0.05) is 33.3 Å². The van der Waals surface area contributed by atoms with Crippen LogP contribution in [0.3, 0.4) is 0 Å². The van der Waals surface area contributed by atoms with Crippen molar-refractivity contribution in [3.63, 3.8) is 0 Å². The number of nitrogens with zero attached hydrogens (tertiary/aromatic N) is 2. The van der Waals surface area contributed by atoms with Gasteiger partial charge in [0.2, 0.25) is 5.91 Å². The number of carbonyl (C=O) groups is 2. The van der Waals surface area contributed by atoms with Gasteiger partial charge in [0.05, 0.1) is 11.0 Å². The second-order valence-electron chi connectivity index (χ2n) is 8.54. The van der Waals surface area contributed by atoms with Crippen molar-refractivity contribution >= 4 is 34.2 Å². The predicted octanol–water partition coefficient (Wildman–Crippen LogP) is 4.28. The summed E-state index contributed by atoms with van der Waals surface area (Å²) in [5, 5.41) is 10.9. The first-order chi connectivity index (χ1) is 16.5. The van der Waals surface area contributed by atoms with Crippen LogP contribution in [0.15, 0.2) is 35.7 Å². The molecule has 1 atom stereocenters. The highest BCUT2D eigenvalue weighted by molar-refractivity contribution is 7.09. The summed E-state index contributed by atoms with van der Waals surface area (Å²) in [6, 6.07) is 9.69. The molecule has 0 aliphatic rings. The van der Waals surface area contributed by atoms with Gasteiger partial charge >= 0.3 is 0 Å². The molecule has 0 saturated carbocycles. The van der Waals surface area contributed by atoms with E-state index in [-0.39, 0.29) is 11.8 Å². The quantitative estimate of drug-likeness (QED) is 0.317. The summed E-state index contributed by atoms with van der Waals surface area (Å²) in [4.78, 5) is 31.8. The van der Waals surface area contributed by atoms with Gasteiger partial charge < -0.3 is 20.5 Å². The van der Waals surface area contributed by atoms with Crippen molar-refractivity contribution in [1.29, 1.82) is 0 Å². The van der Waals surface area contributed by atoms with E-state index in [2.05, 4.69) is 51.9 Å². The number of benzene rings is 1.